The number of carbonyl (C=O) groups excluding carboxylic acids is 1. The molecule has 19 heavy (non-hydrogen) atoms. The van der Waals surface area contributed by atoms with Crippen molar-refractivity contribution in [1.82, 2.24) is 9.80 Å². The normalized spacial score (nSPS) is 24.3. The van der Waals surface area contributed by atoms with E-state index in [0.29, 0.717) is 32.0 Å². The lowest BCUT2D eigenvalue weighted by molar-refractivity contribution is -0.147. The van der Waals surface area contributed by atoms with Crippen LogP contribution in [0.15, 0.2) is 0 Å². The van der Waals surface area contributed by atoms with Crippen molar-refractivity contribution in [2.75, 3.05) is 19.6 Å². The zero-order chi connectivity index (χ0) is 14.6. The van der Waals surface area contributed by atoms with E-state index in [1.807, 2.05) is 6.92 Å². The van der Waals surface area contributed by atoms with E-state index in [4.69, 9.17) is 0 Å². The lowest BCUT2D eigenvalue weighted by atomic mass is 9.99. The average molecular weight is 270 g/mol. The van der Waals surface area contributed by atoms with E-state index in [1.54, 1.807) is 11.8 Å². The van der Waals surface area contributed by atoms with Crippen LogP contribution in [0.3, 0.4) is 0 Å². The standard InChI is InChI=1S/C14H26N2O3/c1-5-11(3)10-15(6-2)13(19)16-9-7-8-14(16,4)12(17)18/h11H,5-10H2,1-4H3,(H,17,18). The molecule has 1 saturated heterocycles. The van der Waals surface area contributed by atoms with Crippen LogP contribution in [0.1, 0.15) is 47.0 Å². The second-order valence-corrected chi connectivity index (χ2v) is 5.67. The first kappa shape index (κ1) is 15.8. The molecule has 0 aromatic heterocycles. The molecule has 0 radical (unpaired) electrons. The molecule has 1 aliphatic heterocycles. The number of hydrogen-bond donors (Lipinski definition) is 1. The predicted molar refractivity (Wildman–Crippen MR) is 74.1 cm³/mol. The van der Waals surface area contributed by atoms with Gasteiger partial charge in [0.1, 0.15) is 5.54 Å². The molecule has 0 aromatic rings. The van der Waals surface area contributed by atoms with E-state index >= 15 is 0 Å². The fraction of sp³-hybridized carbons (Fsp3) is 0.857. The van der Waals surface area contributed by atoms with Crippen molar-refractivity contribution in [3.05, 3.63) is 0 Å². The highest BCUT2D eigenvalue weighted by atomic mass is 16.4. The SMILES string of the molecule is CCC(C)CN(CC)C(=O)N1CCCC1(C)C(=O)O. The van der Waals surface area contributed by atoms with Gasteiger partial charge in [-0.25, -0.2) is 9.59 Å². The second-order valence-electron chi connectivity index (χ2n) is 5.67. The third-order valence-electron chi connectivity index (χ3n) is 4.21. The number of likely N-dealkylation sites (tertiary alicyclic amines) is 1. The number of carbonyl (C=O) groups is 2. The predicted octanol–water partition coefficient (Wildman–Crippen LogP) is 2.41. The number of urea groups is 1. The highest BCUT2D eigenvalue weighted by molar-refractivity contribution is 5.86. The van der Waals surface area contributed by atoms with Gasteiger partial charge in [-0.1, -0.05) is 20.3 Å². The molecule has 2 unspecified atom stereocenters. The summed E-state index contributed by atoms with van der Waals surface area (Å²) < 4.78 is 0. The first-order valence-electron chi connectivity index (χ1n) is 7.16. The molecule has 2 amide bonds. The van der Waals surface area contributed by atoms with Gasteiger partial charge >= 0.3 is 12.0 Å². The lowest BCUT2D eigenvalue weighted by Crippen LogP contribution is -2.55. The van der Waals surface area contributed by atoms with Crippen LogP contribution in [0.5, 0.6) is 0 Å². The fourth-order valence-electron chi connectivity index (χ4n) is 2.51. The number of nitrogens with zero attached hydrogens (tertiary/aromatic N) is 2. The average Bonchev–Trinajstić information content (AvgIpc) is 2.78. The molecule has 0 saturated carbocycles. The molecule has 1 rings (SSSR count). The summed E-state index contributed by atoms with van der Waals surface area (Å²) in [4.78, 5) is 27.2. The minimum Gasteiger partial charge on any atom is -0.480 e. The molecule has 5 nitrogen and oxygen atoms in total. The first-order valence-corrected chi connectivity index (χ1v) is 7.16. The Kier molecular flexibility index (Phi) is 5.20. The van der Waals surface area contributed by atoms with Gasteiger partial charge in [0.25, 0.3) is 0 Å². The van der Waals surface area contributed by atoms with Crippen LogP contribution in [0, 0.1) is 5.92 Å². The van der Waals surface area contributed by atoms with Crippen molar-refractivity contribution >= 4 is 12.0 Å². The van der Waals surface area contributed by atoms with Gasteiger partial charge in [0, 0.05) is 19.6 Å². The van der Waals surface area contributed by atoms with Crippen molar-refractivity contribution in [3.63, 3.8) is 0 Å². The Labute approximate surface area is 115 Å². The second kappa shape index (κ2) is 6.26. The maximum Gasteiger partial charge on any atom is 0.329 e. The third kappa shape index (κ3) is 3.19. The minimum atomic E-state index is -1.04. The zero-order valence-corrected chi connectivity index (χ0v) is 12.5. The van der Waals surface area contributed by atoms with Gasteiger partial charge in [-0.2, -0.15) is 0 Å². The molecule has 110 valence electrons. The van der Waals surface area contributed by atoms with Crippen molar-refractivity contribution in [2.45, 2.75) is 52.5 Å². The summed E-state index contributed by atoms with van der Waals surface area (Å²) in [6.07, 6.45) is 2.31. The summed E-state index contributed by atoms with van der Waals surface area (Å²) in [5.74, 6) is -0.472. The van der Waals surface area contributed by atoms with Crippen LogP contribution in [0.4, 0.5) is 4.79 Å². The van der Waals surface area contributed by atoms with Gasteiger partial charge in [-0.05, 0) is 32.6 Å². The lowest BCUT2D eigenvalue weighted by Gasteiger charge is -2.36. The van der Waals surface area contributed by atoms with Gasteiger partial charge in [-0.15, -0.1) is 0 Å². The van der Waals surface area contributed by atoms with Crippen LogP contribution in [0.2, 0.25) is 0 Å². The fourth-order valence-corrected chi connectivity index (χ4v) is 2.51. The first-order chi connectivity index (χ1) is 8.86. The summed E-state index contributed by atoms with van der Waals surface area (Å²) in [7, 11) is 0. The summed E-state index contributed by atoms with van der Waals surface area (Å²) in [5, 5.41) is 9.36. The molecular formula is C14H26N2O3. The molecule has 5 heteroatoms. The molecule has 0 spiro atoms. The summed E-state index contributed by atoms with van der Waals surface area (Å²) in [6, 6.07) is -0.134. The molecule has 1 N–H and O–H groups in total. The number of carboxylic acid groups (broad SMARTS) is 1. The Morgan fingerprint density at radius 1 is 1.42 bits per heavy atom. The monoisotopic (exact) mass is 270 g/mol. The maximum atomic E-state index is 12.5. The van der Waals surface area contributed by atoms with Gasteiger partial charge in [0.15, 0.2) is 0 Å². The van der Waals surface area contributed by atoms with E-state index in [-0.39, 0.29) is 6.03 Å². The van der Waals surface area contributed by atoms with E-state index in [9.17, 15) is 14.7 Å². The summed E-state index contributed by atoms with van der Waals surface area (Å²) in [5.41, 5.74) is -1.04. The van der Waals surface area contributed by atoms with Crippen molar-refractivity contribution in [1.29, 1.82) is 0 Å². The van der Waals surface area contributed by atoms with Crippen molar-refractivity contribution < 1.29 is 14.7 Å². The third-order valence-corrected chi connectivity index (χ3v) is 4.21. The van der Waals surface area contributed by atoms with Crippen LogP contribution in [0.25, 0.3) is 0 Å². The van der Waals surface area contributed by atoms with Crippen LogP contribution < -0.4 is 0 Å². The van der Waals surface area contributed by atoms with Crippen molar-refractivity contribution in [3.8, 4) is 0 Å². The van der Waals surface area contributed by atoms with Crippen LogP contribution in [-0.2, 0) is 4.79 Å². The molecular weight excluding hydrogens is 244 g/mol. The minimum absolute atomic E-state index is 0.134. The molecule has 1 fully saturated rings. The van der Waals surface area contributed by atoms with E-state index in [2.05, 4.69) is 13.8 Å². The molecule has 2 atom stereocenters. The molecule has 0 aliphatic carbocycles. The van der Waals surface area contributed by atoms with Gasteiger partial charge < -0.3 is 14.9 Å². The quantitative estimate of drug-likeness (QED) is 0.834. The van der Waals surface area contributed by atoms with Crippen molar-refractivity contribution in [2.24, 2.45) is 5.92 Å². The van der Waals surface area contributed by atoms with E-state index in [0.717, 1.165) is 12.8 Å². The summed E-state index contributed by atoms with van der Waals surface area (Å²) >= 11 is 0. The smallest absolute Gasteiger partial charge is 0.329 e. The van der Waals surface area contributed by atoms with Gasteiger partial charge in [0.05, 0.1) is 0 Å². The highest BCUT2D eigenvalue weighted by Crippen LogP contribution is 2.30. The number of hydrogen-bond acceptors (Lipinski definition) is 2. The number of aliphatic carboxylic acids is 1. The van der Waals surface area contributed by atoms with E-state index < -0.39 is 11.5 Å². The number of carboxylic acids is 1. The topological polar surface area (TPSA) is 60.9 Å². The Balaban J connectivity index is 2.82. The zero-order valence-electron chi connectivity index (χ0n) is 12.5. The highest BCUT2D eigenvalue weighted by Gasteiger charge is 2.47. The maximum absolute atomic E-state index is 12.5. The Morgan fingerprint density at radius 3 is 2.53 bits per heavy atom. The molecule has 1 aliphatic rings. The Hall–Kier alpha value is -1.26. The Bertz CT molecular complexity index is 346. The van der Waals surface area contributed by atoms with Gasteiger partial charge in [-0.3, -0.25) is 0 Å². The molecule has 1 heterocycles. The molecule has 0 bridgehead atoms. The number of amides is 2. The van der Waals surface area contributed by atoms with Crippen LogP contribution in [-0.4, -0.2) is 52.1 Å². The number of rotatable bonds is 5. The summed E-state index contributed by atoms with van der Waals surface area (Å²) in [6.45, 7) is 9.65. The largest absolute Gasteiger partial charge is 0.480 e. The van der Waals surface area contributed by atoms with Gasteiger partial charge in [0.2, 0.25) is 0 Å². The molecule has 0 aromatic carbocycles. The van der Waals surface area contributed by atoms with E-state index in [1.165, 1.54) is 4.90 Å². The van der Waals surface area contributed by atoms with Crippen LogP contribution >= 0.6 is 0 Å². The Morgan fingerprint density at radius 2 is 2.05 bits per heavy atom.